The third-order valence-electron chi connectivity index (χ3n) is 5.77. The minimum Gasteiger partial charge on any atom is -0.342 e. The number of rotatable bonds is 2. The summed E-state index contributed by atoms with van der Waals surface area (Å²) in [6.07, 6.45) is 2.94. The van der Waals surface area contributed by atoms with Crippen molar-refractivity contribution in [3.63, 3.8) is 0 Å². The minimum absolute atomic E-state index is 0.166. The van der Waals surface area contributed by atoms with Gasteiger partial charge in [0, 0.05) is 30.2 Å². The zero-order valence-electron chi connectivity index (χ0n) is 17.8. The van der Waals surface area contributed by atoms with Crippen LogP contribution in [0, 0.1) is 12.3 Å². The van der Waals surface area contributed by atoms with Crippen molar-refractivity contribution in [3.8, 4) is 16.9 Å². The van der Waals surface area contributed by atoms with Crippen molar-refractivity contribution in [2.24, 2.45) is 5.41 Å². The quantitative estimate of drug-likeness (QED) is 0.386. The van der Waals surface area contributed by atoms with Crippen molar-refractivity contribution in [1.82, 2.24) is 9.55 Å². The third-order valence-corrected chi connectivity index (χ3v) is 5.77. The van der Waals surface area contributed by atoms with Gasteiger partial charge in [-0.3, -0.25) is 4.98 Å². The fourth-order valence-corrected chi connectivity index (χ4v) is 4.62. The number of aromatic nitrogens is 2. The number of pyridine rings is 1. The summed E-state index contributed by atoms with van der Waals surface area (Å²) in [5, 5.41) is 1.26. The number of fused-ring (bicyclic) bond motifs is 2. The van der Waals surface area contributed by atoms with Gasteiger partial charge in [0.1, 0.15) is 0 Å². The van der Waals surface area contributed by atoms with Crippen molar-refractivity contribution >= 4 is 22.3 Å². The van der Waals surface area contributed by atoms with Gasteiger partial charge < -0.3 is 9.47 Å². The van der Waals surface area contributed by atoms with Crippen LogP contribution in [0.3, 0.4) is 0 Å². The molecule has 1 aliphatic heterocycles. The van der Waals surface area contributed by atoms with Crippen LogP contribution in [-0.4, -0.2) is 16.6 Å². The first-order chi connectivity index (χ1) is 13.8. The molecule has 0 amide bonds. The van der Waals surface area contributed by atoms with E-state index in [2.05, 4.69) is 98.8 Å². The highest BCUT2D eigenvalue weighted by Gasteiger charge is 2.32. The lowest BCUT2D eigenvalue weighted by Crippen LogP contribution is -2.19. The molecular formula is C26H27N3. The molecule has 3 heterocycles. The molecule has 0 bridgehead atoms. The van der Waals surface area contributed by atoms with E-state index in [0.29, 0.717) is 0 Å². The lowest BCUT2D eigenvalue weighted by atomic mass is 9.88. The van der Waals surface area contributed by atoms with E-state index in [4.69, 9.17) is 4.98 Å². The summed E-state index contributed by atoms with van der Waals surface area (Å²) >= 11 is 0. The Balaban J connectivity index is 1.93. The van der Waals surface area contributed by atoms with Crippen molar-refractivity contribution in [1.29, 1.82) is 0 Å². The van der Waals surface area contributed by atoms with Gasteiger partial charge in [0.15, 0.2) is 0 Å². The van der Waals surface area contributed by atoms with Gasteiger partial charge in [0.05, 0.1) is 28.0 Å². The van der Waals surface area contributed by atoms with E-state index in [1.54, 1.807) is 0 Å². The molecule has 2 aromatic heterocycles. The Morgan fingerprint density at radius 1 is 0.966 bits per heavy atom. The number of hydrogen-bond acceptors (Lipinski definition) is 2. The van der Waals surface area contributed by atoms with Gasteiger partial charge in [0.25, 0.3) is 0 Å². The standard InChI is InChI=1S/C26H27N3/c1-17-11-12-20-19(15-17)24-23-21(13-14-27-24)29(18-9-7-6-8-10-18)22(16-26(2,3)4)25(23)28(20)5/h6-15H,16H2,1-5H3. The fraction of sp³-hybridized carbons (Fsp3) is 0.269. The molecule has 0 spiro atoms. The van der Waals surface area contributed by atoms with Gasteiger partial charge in [-0.2, -0.15) is 0 Å². The summed E-state index contributed by atoms with van der Waals surface area (Å²) in [6.45, 7) is 9.08. The molecule has 0 saturated carbocycles. The summed E-state index contributed by atoms with van der Waals surface area (Å²) in [5.41, 5.74) is 10.0. The predicted octanol–water partition coefficient (Wildman–Crippen LogP) is 6.67. The Morgan fingerprint density at radius 2 is 1.72 bits per heavy atom. The highest BCUT2D eigenvalue weighted by molar-refractivity contribution is 6.11. The summed E-state index contributed by atoms with van der Waals surface area (Å²) < 4.78 is 2.44. The molecule has 1 aliphatic rings. The van der Waals surface area contributed by atoms with Crippen LogP contribution < -0.4 is 4.90 Å². The number of para-hydroxylation sites is 1. The second-order valence-corrected chi connectivity index (χ2v) is 9.34. The molecule has 146 valence electrons. The molecule has 3 nitrogen and oxygen atoms in total. The van der Waals surface area contributed by atoms with Gasteiger partial charge in [-0.05, 0) is 49.1 Å². The fourth-order valence-electron chi connectivity index (χ4n) is 4.62. The maximum absolute atomic E-state index is 4.86. The Morgan fingerprint density at radius 3 is 2.45 bits per heavy atom. The van der Waals surface area contributed by atoms with Gasteiger partial charge in [-0.1, -0.05) is 50.6 Å². The van der Waals surface area contributed by atoms with E-state index < -0.39 is 0 Å². The van der Waals surface area contributed by atoms with Crippen LogP contribution in [0.25, 0.3) is 27.8 Å². The largest absolute Gasteiger partial charge is 0.342 e. The maximum Gasteiger partial charge on any atom is 0.0838 e. The smallest absolute Gasteiger partial charge is 0.0838 e. The maximum atomic E-state index is 4.86. The van der Waals surface area contributed by atoms with E-state index >= 15 is 0 Å². The number of nitrogens with zero attached hydrogens (tertiary/aromatic N) is 3. The molecule has 3 heteroatoms. The third kappa shape index (κ3) is 2.76. The molecule has 0 atom stereocenters. The monoisotopic (exact) mass is 381 g/mol. The van der Waals surface area contributed by atoms with Crippen molar-refractivity contribution < 1.29 is 0 Å². The Labute approximate surface area is 172 Å². The molecule has 0 fully saturated rings. The van der Waals surface area contributed by atoms with E-state index in [1.807, 2.05) is 6.20 Å². The van der Waals surface area contributed by atoms with Crippen LogP contribution in [-0.2, 0) is 6.42 Å². The van der Waals surface area contributed by atoms with Crippen molar-refractivity contribution in [3.05, 3.63) is 72.1 Å². The lowest BCUT2D eigenvalue weighted by molar-refractivity contribution is 0.404. The van der Waals surface area contributed by atoms with Crippen LogP contribution in [0.4, 0.5) is 11.4 Å². The van der Waals surface area contributed by atoms with Gasteiger partial charge in [0.2, 0.25) is 0 Å². The molecular weight excluding hydrogens is 354 g/mol. The number of anilines is 2. The molecule has 4 aromatic rings. The molecule has 0 unspecified atom stereocenters. The molecule has 0 N–H and O–H groups in total. The first-order valence-corrected chi connectivity index (χ1v) is 10.3. The van der Waals surface area contributed by atoms with Crippen LogP contribution >= 0.6 is 0 Å². The van der Waals surface area contributed by atoms with Crippen LogP contribution in [0.1, 0.15) is 32.0 Å². The Kier molecular flexibility index (Phi) is 3.86. The summed E-state index contributed by atoms with van der Waals surface area (Å²) in [4.78, 5) is 7.23. The first kappa shape index (κ1) is 18.0. The zero-order valence-corrected chi connectivity index (χ0v) is 17.8. The summed E-state index contributed by atoms with van der Waals surface area (Å²) in [7, 11) is 2.19. The van der Waals surface area contributed by atoms with E-state index in [1.165, 1.54) is 44.8 Å². The second kappa shape index (κ2) is 6.21. The minimum atomic E-state index is 0.166. The van der Waals surface area contributed by atoms with Gasteiger partial charge in [-0.25, -0.2) is 0 Å². The Hall–Kier alpha value is -3.07. The SMILES string of the molecule is Cc1ccc2c(c1)-c1nccc3c1c(c(CC(C)(C)C)n3-c1ccccc1)N2C. The molecule has 0 saturated heterocycles. The highest BCUT2D eigenvalue weighted by atomic mass is 15.2. The van der Waals surface area contributed by atoms with E-state index in [9.17, 15) is 0 Å². The molecule has 0 aliphatic carbocycles. The number of aryl methyl sites for hydroxylation is 1. The van der Waals surface area contributed by atoms with Crippen LogP contribution in [0.15, 0.2) is 60.8 Å². The van der Waals surface area contributed by atoms with Crippen molar-refractivity contribution in [2.45, 2.75) is 34.1 Å². The normalized spacial score (nSPS) is 13.1. The zero-order chi connectivity index (χ0) is 20.3. The van der Waals surface area contributed by atoms with Crippen molar-refractivity contribution in [2.75, 3.05) is 11.9 Å². The van der Waals surface area contributed by atoms with Gasteiger partial charge >= 0.3 is 0 Å². The second-order valence-electron chi connectivity index (χ2n) is 9.34. The lowest BCUT2D eigenvalue weighted by Gasteiger charge is -2.30. The van der Waals surface area contributed by atoms with Crippen LogP contribution in [0.2, 0.25) is 0 Å². The van der Waals surface area contributed by atoms with E-state index in [0.717, 1.165) is 12.1 Å². The number of hydrogen-bond donors (Lipinski definition) is 0. The molecule has 29 heavy (non-hydrogen) atoms. The molecule has 2 aromatic carbocycles. The molecule has 0 radical (unpaired) electrons. The predicted molar refractivity (Wildman–Crippen MR) is 122 cm³/mol. The summed E-state index contributed by atoms with van der Waals surface area (Å²) in [5.74, 6) is 0. The van der Waals surface area contributed by atoms with Crippen LogP contribution in [0.5, 0.6) is 0 Å². The average molecular weight is 382 g/mol. The van der Waals surface area contributed by atoms with Gasteiger partial charge in [-0.15, -0.1) is 0 Å². The summed E-state index contributed by atoms with van der Waals surface area (Å²) in [6, 6.07) is 19.6. The highest BCUT2D eigenvalue weighted by Crippen LogP contribution is 2.50. The topological polar surface area (TPSA) is 21.1 Å². The molecule has 5 rings (SSSR count). The Bertz CT molecular complexity index is 1230. The number of benzene rings is 2. The first-order valence-electron chi connectivity index (χ1n) is 10.3. The van der Waals surface area contributed by atoms with E-state index in [-0.39, 0.29) is 5.41 Å². The average Bonchev–Trinajstić information content (AvgIpc) is 2.99.